The van der Waals surface area contributed by atoms with Crippen LogP contribution in [-0.2, 0) is 17.5 Å². The van der Waals surface area contributed by atoms with Crippen LogP contribution in [0.15, 0.2) is 54.7 Å². The van der Waals surface area contributed by atoms with E-state index in [-0.39, 0.29) is 11.1 Å². The predicted octanol–water partition coefficient (Wildman–Crippen LogP) is 4.42. The van der Waals surface area contributed by atoms with Crippen LogP contribution in [-0.4, -0.2) is 90.1 Å². The fourth-order valence-corrected chi connectivity index (χ4v) is 7.58. The molecule has 3 fully saturated rings. The summed E-state index contributed by atoms with van der Waals surface area (Å²) in [7, 11) is 1.57. The lowest BCUT2D eigenvalue weighted by Gasteiger charge is -2.55. The van der Waals surface area contributed by atoms with Gasteiger partial charge in [0, 0.05) is 105 Å². The number of carbonyl (C=O) groups is 1. The molecule has 8 rings (SSSR count). The molecule has 1 spiro atoms. The topological polar surface area (TPSA) is 91.7 Å². The Morgan fingerprint density at radius 2 is 1.72 bits per heavy atom. The van der Waals surface area contributed by atoms with Crippen molar-refractivity contribution in [3.8, 4) is 34.0 Å². The molecule has 4 aromatic rings. The highest BCUT2D eigenvalue weighted by Gasteiger charge is 2.51. The Kier molecular flexibility index (Phi) is 7.21. The van der Waals surface area contributed by atoms with Crippen molar-refractivity contribution in [1.82, 2.24) is 30.2 Å². The summed E-state index contributed by atoms with van der Waals surface area (Å²) < 4.78 is 50.3. The fraction of sp³-hybridized carbons (Fsp3) is 0.412. The molecule has 47 heavy (non-hydrogen) atoms. The molecular weight excluding hydrogens is 609 g/mol. The zero-order chi connectivity index (χ0) is 32.3. The molecule has 0 atom stereocenters. The number of alkyl halides is 3. The predicted molar refractivity (Wildman–Crippen MR) is 171 cm³/mol. The second-order valence-corrected chi connectivity index (χ2v) is 13.1. The Morgan fingerprint density at radius 1 is 0.957 bits per heavy atom. The number of nitrogens with one attached hydrogen (secondary N) is 1. The van der Waals surface area contributed by atoms with Crippen molar-refractivity contribution in [2.75, 3.05) is 69.3 Å². The summed E-state index contributed by atoms with van der Waals surface area (Å²) in [6.07, 6.45) is -1.41. The van der Waals surface area contributed by atoms with Crippen molar-refractivity contribution in [3.63, 3.8) is 0 Å². The number of ketones is 1. The molecule has 1 aliphatic carbocycles. The van der Waals surface area contributed by atoms with Crippen LogP contribution < -0.4 is 19.9 Å². The highest BCUT2D eigenvalue weighted by atomic mass is 19.4. The molecule has 2 aromatic carbocycles. The van der Waals surface area contributed by atoms with Crippen molar-refractivity contribution in [2.24, 2.45) is 5.41 Å². The number of nitrogens with zero attached hydrogens (tertiary/aromatic N) is 7. The second-order valence-electron chi connectivity index (χ2n) is 13.1. The average Bonchev–Trinajstić information content (AvgIpc) is 3.49. The third-order valence-electron chi connectivity index (χ3n) is 9.89. The maximum Gasteiger partial charge on any atom is 0.418 e. The van der Waals surface area contributed by atoms with E-state index in [1.54, 1.807) is 41.1 Å². The number of aromatic nitrogens is 4. The first-order chi connectivity index (χ1) is 22.7. The average molecular weight is 645 g/mol. The normalized spacial score (nSPS) is 18.9. The van der Waals surface area contributed by atoms with E-state index in [9.17, 15) is 18.0 Å². The SMILES string of the molecule is COc1ccc(-c2ccc3c(c2)-c2c(nnn2-c2ccc(N4CCNCC4)c(C(F)(F)F)c2)CN3CCN2CC3(CC(=O)C3)C2)cn1. The molecular formula is C34H35F3N8O2. The first-order valence-electron chi connectivity index (χ1n) is 16.0. The number of anilines is 2. The van der Waals surface area contributed by atoms with Gasteiger partial charge in [0.05, 0.1) is 24.9 Å². The van der Waals surface area contributed by atoms with Crippen molar-refractivity contribution in [3.05, 3.63) is 66.0 Å². The number of piperazine rings is 1. The van der Waals surface area contributed by atoms with Crippen LogP contribution in [0.4, 0.5) is 24.5 Å². The number of pyridine rings is 1. The van der Waals surface area contributed by atoms with Crippen molar-refractivity contribution < 1.29 is 22.7 Å². The van der Waals surface area contributed by atoms with E-state index in [1.807, 2.05) is 18.2 Å². The molecule has 4 aliphatic rings. The largest absolute Gasteiger partial charge is 0.481 e. The van der Waals surface area contributed by atoms with E-state index in [0.29, 0.717) is 74.3 Å². The van der Waals surface area contributed by atoms with Crippen LogP contribution in [0, 0.1) is 5.41 Å². The Morgan fingerprint density at radius 3 is 2.43 bits per heavy atom. The quantitative estimate of drug-likeness (QED) is 0.314. The van der Waals surface area contributed by atoms with Gasteiger partial charge in [-0.2, -0.15) is 13.2 Å². The molecule has 5 heterocycles. The number of ether oxygens (including phenoxy) is 1. The number of hydrogen-bond acceptors (Lipinski definition) is 9. The molecule has 2 aromatic heterocycles. The minimum absolute atomic E-state index is 0.177. The minimum atomic E-state index is -4.54. The Bertz CT molecular complexity index is 1820. The monoisotopic (exact) mass is 644 g/mol. The van der Waals surface area contributed by atoms with Crippen LogP contribution in [0.2, 0.25) is 0 Å². The molecule has 1 N–H and O–H groups in total. The lowest BCUT2D eigenvalue weighted by molar-refractivity contribution is -0.145. The van der Waals surface area contributed by atoms with Gasteiger partial charge in [0.25, 0.3) is 0 Å². The van der Waals surface area contributed by atoms with Crippen LogP contribution in [0.5, 0.6) is 5.88 Å². The van der Waals surface area contributed by atoms with Gasteiger partial charge in [-0.3, -0.25) is 4.79 Å². The molecule has 0 bridgehead atoms. The zero-order valence-electron chi connectivity index (χ0n) is 26.1. The second kappa shape index (κ2) is 11.3. The maximum absolute atomic E-state index is 14.5. The lowest BCUT2D eigenvalue weighted by Crippen LogP contribution is -2.63. The third kappa shape index (κ3) is 5.40. The number of halogens is 3. The number of hydrogen-bond donors (Lipinski definition) is 1. The first kappa shape index (κ1) is 29.9. The number of methoxy groups -OCH3 is 1. The number of likely N-dealkylation sites (tertiary alicyclic amines) is 1. The van der Waals surface area contributed by atoms with E-state index < -0.39 is 11.7 Å². The van der Waals surface area contributed by atoms with E-state index in [2.05, 4.69) is 36.5 Å². The standard InChI is InChI=1S/C34H35F3N8O2/c1-47-31-7-3-23(18-39-31)22-2-5-29-26(14-22)32-28(19-44(29)13-12-42-20-33(21-42)16-25(46)17-33)40-41-45(32)24-4-6-30(27(15-24)34(35,36)37)43-10-8-38-9-11-43/h2-7,14-15,18,38H,8-13,16-17,19-21H2,1H3. The Labute approximate surface area is 270 Å². The van der Waals surface area contributed by atoms with Gasteiger partial charge in [0.1, 0.15) is 17.2 Å². The maximum atomic E-state index is 14.5. The van der Waals surface area contributed by atoms with Crippen molar-refractivity contribution in [2.45, 2.75) is 25.6 Å². The highest BCUT2D eigenvalue weighted by molar-refractivity contribution is 5.87. The van der Waals surface area contributed by atoms with Crippen LogP contribution in [0.1, 0.15) is 24.1 Å². The summed E-state index contributed by atoms with van der Waals surface area (Å²) in [6, 6.07) is 14.3. The molecule has 0 radical (unpaired) electrons. The number of rotatable bonds is 7. The molecule has 3 aliphatic heterocycles. The minimum Gasteiger partial charge on any atom is -0.481 e. The summed E-state index contributed by atoms with van der Waals surface area (Å²) in [6.45, 7) is 6.21. The molecule has 10 nitrogen and oxygen atoms in total. The van der Waals surface area contributed by atoms with Crippen LogP contribution >= 0.6 is 0 Å². The highest BCUT2D eigenvalue weighted by Crippen LogP contribution is 2.47. The summed E-state index contributed by atoms with van der Waals surface area (Å²) in [5, 5.41) is 12.2. The third-order valence-corrected chi connectivity index (χ3v) is 9.89. The number of carbonyl (C=O) groups excluding carboxylic acids is 1. The van der Waals surface area contributed by atoms with Gasteiger partial charge in [-0.25, -0.2) is 9.67 Å². The Balaban J connectivity index is 1.16. The van der Waals surface area contributed by atoms with E-state index in [1.165, 1.54) is 6.07 Å². The summed E-state index contributed by atoms with van der Waals surface area (Å²) >= 11 is 0. The van der Waals surface area contributed by atoms with Gasteiger partial charge < -0.3 is 24.8 Å². The van der Waals surface area contributed by atoms with Crippen LogP contribution in [0.3, 0.4) is 0 Å². The van der Waals surface area contributed by atoms with Gasteiger partial charge >= 0.3 is 6.18 Å². The van der Waals surface area contributed by atoms with Gasteiger partial charge in [-0.15, -0.1) is 5.10 Å². The molecule has 13 heteroatoms. The van der Waals surface area contributed by atoms with E-state index in [0.717, 1.165) is 48.6 Å². The molecule has 0 amide bonds. The van der Waals surface area contributed by atoms with Gasteiger partial charge in [-0.05, 0) is 42.0 Å². The summed E-state index contributed by atoms with van der Waals surface area (Å²) in [5.74, 6) is 0.861. The molecule has 2 saturated heterocycles. The number of benzene rings is 2. The van der Waals surface area contributed by atoms with Crippen molar-refractivity contribution >= 4 is 17.2 Å². The van der Waals surface area contributed by atoms with Gasteiger partial charge in [0.2, 0.25) is 5.88 Å². The summed E-state index contributed by atoms with van der Waals surface area (Å²) in [4.78, 5) is 22.4. The smallest absolute Gasteiger partial charge is 0.418 e. The van der Waals surface area contributed by atoms with Gasteiger partial charge in [-0.1, -0.05) is 11.3 Å². The first-order valence-corrected chi connectivity index (χ1v) is 16.0. The zero-order valence-corrected chi connectivity index (χ0v) is 26.1. The number of Topliss-reactive ketones (excluding diaryl/α,β-unsaturated/α-hetero) is 1. The van der Waals surface area contributed by atoms with E-state index >= 15 is 0 Å². The molecule has 244 valence electrons. The van der Waals surface area contributed by atoms with Crippen molar-refractivity contribution in [1.29, 1.82) is 0 Å². The van der Waals surface area contributed by atoms with E-state index in [4.69, 9.17) is 4.74 Å². The number of fused-ring (bicyclic) bond motifs is 3. The fourth-order valence-electron chi connectivity index (χ4n) is 7.58. The summed E-state index contributed by atoms with van der Waals surface area (Å²) in [5.41, 5.74) is 4.96. The van der Waals surface area contributed by atoms with Crippen LogP contribution in [0.25, 0.3) is 28.1 Å². The lowest BCUT2D eigenvalue weighted by atomic mass is 9.63. The van der Waals surface area contributed by atoms with Gasteiger partial charge in [0.15, 0.2) is 0 Å². The molecule has 1 saturated carbocycles. The Hall–Kier alpha value is -4.49. The molecule has 0 unspecified atom stereocenters.